The number of methoxy groups -OCH3 is 1. The van der Waals surface area contributed by atoms with Crippen LogP contribution in [0.15, 0.2) is 77.7 Å². The van der Waals surface area contributed by atoms with Crippen molar-refractivity contribution in [3.63, 3.8) is 0 Å². The molecular formula is C26H27ClN2O2S. The van der Waals surface area contributed by atoms with Crippen LogP contribution in [0.3, 0.4) is 0 Å². The molecule has 3 aromatic rings. The minimum atomic E-state index is 0.0877. The lowest BCUT2D eigenvalue weighted by Crippen LogP contribution is -2.48. The smallest absolute Gasteiger partial charge is 0.253 e. The highest BCUT2D eigenvalue weighted by atomic mass is 35.5. The van der Waals surface area contributed by atoms with Crippen LogP contribution in [0, 0.1) is 0 Å². The first-order chi connectivity index (χ1) is 15.6. The predicted octanol–water partition coefficient (Wildman–Crippen LogP) is 5.60. The number of hydrogen-bond donors (Lipinski definition) is 0. The molecule has 0 bridgehead atoms. The maximum absolute atomic E-state index is 13.2. The van der Waals surface area contributed by atoms with Crippen LogP contribution in [-0.4, -0.2) is 49.0 Å². The SMILES string of the molecule is COc1ccc(C(=O)N2CCN(Cc3ccccc3)CC2)cc1CSc1ccc(Cl)cc1. The molecule has 0 aromatic heterocycles. The predicted molar refractivity (Wildman–Crippen MR) is 132 cm³/mol. The first-order valence-corrected chi connectivity index (χ1v) is 12.1. The summed E-state index contributed by atoms with van der Waals surface area (Å²) in [4.78, 5) is 18.7. The van der Waals surface area contributed by atoms with E-state index in [0.717, 1.165) is 59.7 Å². The number of halogens is 1. The lowest BCUT2D eigenvalue weighted by molar-refractivity contribution is 0.0628. The standard InChI is InChI=1S/C26H27ClN2O2S/c1-31-25-12-7-21(17-22(25)19-32-24-10-8-23(27)9-11-24)26(30)29-15-13-28(14-16-29)18-20-5-3-2-4-6-20/h2-12,17H,13-16,18-19H2,1H3. The third-order valence-electron chi connectivity index (χ3n) is 5.64. The molecule has 1 aliphatic rings. The van der Waals surface area contributed by atoms with Crippen LogP contribution in [0.2, 0.25) is 5.02 Å². The number of piperazine rings is 1. The van der Waals surface area contributed by atoms with Gasteiger partial charge in [-0.3, -0.25) is 9.69 Å². The molecule has 0 spiro atoms. The molecule has 0 radical (unpaired) electrons. The average Bonchev–Trinajstić information content (AvgIpc) is 2.84. The van der Waals surface area contributed by atoms with Crippen molar-refractivity contribution in [3.8, 4) is 5.75 Å². The molecule has 1 saturated heterocycles. The molecule has 0 atom stereocenters. The van der Waals surface area contributed by atoms with E-state index in [1.165, 1.54) is 5.56 Å². The number of nitrogens with zero attached hydrogens (tertiary/aromatic N) is 2. The van der Waals surface area contributed by atoms with Crippen molar-refractivity contribution in [3.05, 3.63) is 94.5 Å². The van der Waals surface area contributed by atoms with Crippen molar-refractivity contribution in [1.82, 2.24) is 9.80 Å². The number of thioether (sulfide) groups is 1. The highest BCUT2D eigenvalue weighted by molar-refractivity contribution is 7.98. The largest absolute Gasteiger partial charge is 0.496 e. The van der Waals surface area contributed by atoms with Gasteiger partial charge in [-0.1, -0.05) is 41.9 Å². The van der Waals surface area contributed by atoms with E-state index in [1.54, 1.807) is 18.9 Å². The number of carbonyl (C=O) groups is 1. The molecular weight excluding hydrogens is 440 g/mol. The van der Waals surface area contributed by atoms with E-state index >= 15 is 0 Å². The average molecular weight is 467 g/mol. The molecule has 1 fully saturated rings. The Morgan fingerprint density at radius 2 is 1.69 bits per heavy atom. The highest BCUT2D eigenvalue weighted by Gasteiger charge is 2.23. The lowest BCUT2D eigenvalue weighted by Gasteiger charge is -2.35. The zero-order valence-corrected chi connectivity index (χ0v) is 19.7. The fourth-order valence-electron chi connectivity index (χ4n) is 3.85. The third-order valence-corrected chi connectivity index (χ3v) is 6.96. The maximum atomic E-state index is 13.2. The Hall–Kier alpha value is -2.47. The third kappa shape index (κ3) is 5.85. The van der Waals surface area contributed by atoms with Crippen molar-refractivity contribution >= 4 is 29.3 Å². The number of rotatable bonds is 7. The second-order valence-electron chi connectivity index (χ2n) is 7.82. The van der Waals surface area contributed by atoms with E-state index in [-0.39, 0.29) is 5.91 Å². The van der Waals surface area contributed by atoms with Crippen molar-refractivity contribution in [2.75, 3.05) is 33.3 Å². The normalized spacial score (nSPS) is 14.4. The summed E-state index contributed by atoms with van der Waals surface area (Å²) < 4.78 is 5.54. The van der Waals surface area contributed by atoms with E-state index in [9.17, 15) is 4.79 Å². The van der Waals surface area contributed by atoms with Crippen LogP contribution in [-0.2, 0) is 12.3 Å². The van der Waals surface area contributed by atoms with Gasteiger partial charge in [-0.15, -0.1) is 11.8 Å². The molecule has 4 nitrogen and oxygen atoms in total. The van der Waals surface area contributed by atoms with Gasteiger partial charge in [0, 0.05) is 59.5 Å². The molecule has 6 heteroatoms. The summed E-state index contributed by atoms with van der Waals surface area (Å²) in [5.74, 6) is 1.61. The zero-order valence-electron chi connectivity index (χ0n) is 18.2. The van der Waals surface area contributed by atoms with Crippen LogP contribution in [0.25, 0.3) is 0 Å². The van der Waals surface area contributed by atoms with Gasteiger partial charge in [-0.2, -0.15) is 0 Å². The summed E-state index contributed by atoms with van der Waals surface area (Å²) in [6.45, 7) is 4.18. The summed E-state index contributed by atoms with van der Waals surface area (Å²) >= 11 is 7.68. The van der Waals surface area contributed by atoms with Gasteiger partial charge in [0.1, 0.15) is 5.75 Å². The molecule has 0 saturated carbocycles. The molecule has 1 amide bonds. The minimum Gasteiger partial charge on any atom is -0.496 e. The molecule has 0 aliphatic carbocycles. The first-order valence-electron chi connectivity index (χ1n) is 10.7. The summed E-state index contributed by atoms with van der Waals surface area (Å²) in [5.41, 5.74) is 3.04. The Bertz CT molecular complexity index is 1040. The number of amides is 1. The van der Waals surface area contributed by atoms with E-state index in [2.05, 4.69) is 29.2 Å². The van der Waals surface area contributed by atoms with Crippen molar-refractivity contribution in [1.29, 1.82) is 0 Å². The Kier molecular flexibility index (Phi) is 7.74. The number of hydrogen-bond acceptors (Lipinski definition) is 4. The summed E-state index contributed by atoms with van der Waals surface area (Å²) in [6, 6.07) is 24.0. The summed E-state index contributed by atoms with van der Waals surface area (Å²) in [5, 5.41) is 0.725. The van der Waals surface area contributed by atoms with Gasteiger partial charge in [0.2, 0.25) is 0 Å². The maximum Gasteiger partial charge on any atom is 0.253 e. The Morgan fingerprint density at radius 1 is 0.969 bits per heavy atom. The van der Waals surface area contributed by atoms with Gasteiger partial charge in [0.15, 0.2) is 0 Å². The van der Waals surface area contributed by atoms with Crippen LogP contribution < -0.4 is 4.74 Å². The lowest BCUT2D eigenvalue weighted by atomic mass is 10.1. The van der Waals surface area contributed by atoms with Gasteiger partial charge in [0.05, 0.1) is 7.11 Å². The van der Waals surface area contributed by atoms with E-state index in [4.69, 9.17) is 16.3 Å². The molecule has 4 rings (SSSR count). The molecule has 0 unspecified atom stereocenters. The Morgan fingerprint density at radius 3 is 2.38 bits per heavy atom. The minimum absolute atomic E-state index is 0.0877. The molecule has 1 aliphatic heterocycles. The van der Waals surface area contributed by atoms with Gasteiger partial charge in [-0.25, -0.2) is 0 Å². The summed E-state index contributed by atoms with van der Waals surface area (Å²) in [6.07, 6.45) is 0. The zero-order chi connectivity index (χ0) is 22.3. The van der Waals surface area contributed by atoms with Crippen LogP contribution >= 0.6 is 23.4 Å². The molecule has 1 heterocycles. The van der Waals surface area contributed by atoms with Crippen molar-refractivity contribution < 1.29 is 9.53 Å². The fraction of sp³-hybridized carbons (Fsp3) is 0.269. The number of carbonyl (C=O) groups excluding carboxylic acids is 1. The first kappa shape index (κ1) is 22.7. The van der Waals surface area contributed by atoms with Gasteiger partial charge in [0.25, 0.3) is 5.91 Å². The molecule has 0 N–H and O–H groups in total. The van der Waals surface area contributed by atoms with E-state index in [1.807, 2.05) is 53.4 Å². The Balaban J connectivity index is 1.38. The van der Waals surface area contributed by atoms with Gasteiger partial charge < -0.3 is 9.64 Å². The van der Waals surface area contributed by atoms with Crippen LogP contribution in [0.4, 0.5) is 0 Å². The molecule has 3 aromatic carbocycles. The number of ether oxygens (including phenoxy) is 1. The number of benzene rings is 3. The van der Waals surface area contributed by atoms with E-state index in [0.29, 0.717) is 5.56 Å². The second kappa shape index (κ2) is 10.9. The van der Waals surface area contributed by atoms with Crippen molar-refractivity contribution in [2.24, 2.45) is 0 Å². The monoisotopic (exact) mass is 466 g/mol. The van der Waals surface area contributed by atoms with Crippen molar-refractivity contribution in [2.45, 2.75) is 17.2 Å². The van der Waals surface area contributed by atoms with Crippen LogP contribution in [0.1, 0.15) is 21.5 Å². The molecule has 32 heavy (non-hydrogen) atoms. The second-order valence-corrected chi connectivity index (χ2v) is 9.31. The quantitative estimate of drug-likeness (QED) is 0.424. The highest BCUT2D eigenvalue weighted by Crippen LogP contribution is 2.30. The van der Waals surface area contributed by atoms with E-state index < -0.39 is 0 Å². The molecule has 166 valence electrons. The fourth-order valence-corrected chi connectivity index (χ4v) is 4.85. The van der Waals surface area contributed by atoms with Gasteiger partial charge >= 0.3 is 0 Å². The van der Waals surface area contributed by atoms with Crippen LogP contribution in [0.5, 0.6) is 5.75 Å². The summed E-state index contributed by atoms with van der Waals surface area (Å²) in [7, 11) is 1.67. The Labute approximate surface area is 199 Å². The van der Waals surface area contributed by atoms with Gasteiger partial charge in [-0.05, 0) is 48.0 Å². The topological polar surface area (TPSA) is 32.8 Å².